The number of nitrogens with two attached hydrogens (primary N) is 1. The van der Waals surface area contributed by atoms with Crippen molar-refractivity contribution >= 4 is 0 Å². The maximum Gasteiger partial charge on any atom is 0.123 e. The molecule has 1 aliphatic heterocycles. The molecule has 1 aromatic carbocycles. The van der Waals surface area contributed by atoms with Crippen LogP contribution in [0.25, 0.3) is 0 Å². The Morgan fingerprint density at radius 3 is 2.62 bits per heavy atom. The van der Waals surface area contributed by atoms with E-state index in [1.165, 1.54) is 49.9 Å². The Bertz CT molecular complexity index is 437. The summed E-state index contributed by atoms with van der Waals surface area (Å²) in [5.74, 6) is 1.92. The van der Waals surface area contributed by atoms with E-state index >= 15 is 0 Å². The molecular weight excluding hydrogens is 260 g/mol. The van der Waals surface area contributed by atoms with Gasteiger partial charge in [0.05, 0.1) is 7.11 Å². The Labute approximate surface area is 129 Å². The van der Waals surface area contributed by atoms with E-state index in [0.29, 0.717) is 0 Å². The molecule has 0 radical (unpaired) electrons. The van der Waals surface area contributed by atoms with Crippen LogP contribution in [0.4, 0.5) is 0 Å². The first-order valence-corrected chi connectivity index (χ1v) is 8.28. The third-order valence-electron chi connectivity index (χ3n) is 4.63. The topological polar surface area (TPSA) is 38.5 Å². The van der Waals surface area contributed by atoms with Crippen molar-refractivity contribution in [1.82, 2.24) is 4.90 Å². The summed E-state index contributed by atoms with van der Waals surface area (Å²) in [6, 6.07) is 6.41. The SMILES string of the molecule is CCCC1CCN(Cc2cc(C(C)N)ccc2OC)CC1. The van der Waals surface area contributed by atoms with Crippen LogP contribution in [0.5, 0.6) is 5.75 Å². The second-order valence-corrected chi connectivity index (χ2v) is 6.37. The molecule has 3 nitrogen and oxygen atoms in total. The molecule has 0 saturated carbocycles. The van der Waals surface area contributed by atoms with E-state index < -0.39 is 0 Å². The molecule has 0 aromatic heterocycles. The predicted molar refractivity (Wildman–Crippen MR) is 88.5 cm³/mol. The molecule has 0 amide bonds. The first-order chi connectivity index (χ1) is 10.1. The Morgan fingerprint density at radius 1 is 1.33 bits per heavy atom. The van der Waals surface area contributed by atoms with Gasteiger partial charge < -0.3 is 10.5 Å². The lowest BCUT2D eigenvalue weighted by atomic mass is 9.92. The van der Waals surface area contributed by atoms with Gasteiger partial charge in [0.15, 0.2) is 0 Å². The molecule has 21 heavy (non-hydrogen) atoms. The van der Waals surface area contributed by atoms with Crippen LogP contribution in [-0.2, 0) is 6.54 Å². The van der Waals surface area contributed by atoms with Gasteiger partial charge in [-0.1, -0.05) is 25.8 Å². The smallest absolute Gasteiger partial charge is 0.123 e. The highest BCUT2D eigenvalue weighted by molar-refractivity contribution is 5.38. The van der Waals surface area contributed by atoms with Crippen molar-refractivity contribution in [2.75, 3.05) is 20.2 Å². The number of nitrogens with zero attached hydrogens (tertiary/aromatic N) is 1. The number of methoxy groups -OCH3 is 1. The number of piperidine rings is 1. The summed E-state index contributed by atoms with van der Waals surface area (Å²) >= 11 is 0. The molecule has 3 heteroatoms. The minimum absolute atomic E-state index is 0.0740. The van der Waals surface area contributed by atoms with Gasteiger partial charge in [-0.2, -0.15) is 0 Å². The highest BCUT2D eigenvalue weighted by Crippen LogP contribution is 2.27. The highest BCUT2D eigenvalue weighted by Gasteiger charge is 2.19. The standard InChI is InChI=1S/C18H30N2O/c1-4-5-15-8-10-20(11-9-15)13-17-12-16(14(2)19)6-7-18(17)21-3/h6-7,12,14-15H,4-5,8-11,13,19H2,1-3H3. The Morgan fingerprint density at radius 2 is 2.05 bits per heavy atom. The van der Waals surface area contributed by atoms with Crippen molar-refractivity contribution in [3.8, 4) is 5.75 Å². The molecule has 118 valence electrons. The average Bonchev–Trinajstić information content (AvgIpc) is 2.49. The molecule has 1 atom stereocenters. The van der Waals surface area contributed by atoms with Gasteiger partial charge in [-0.25, -0.2) is 0 Å². The number of likely N-dealkylation sites (tertiary alicyclic amines) is 1. The van der Waals surface area contributed by atoms with Gasteiger partial charge in [0.2, 0.25) is 0 Å². The van der Waals surface area contributed by atoms with Crippen LogP contribution in [-0.4, -0.2) is 25.1 Å². The molecule has 1 unspecified atom stereocenters. The summed E-state index contributed by atoms with van der Waals surface area (Å²) in [7, 11) is 1.75. The highest BCUT2D eigenvalue weighted by atomic mass is 16.5. The zero-order valence-corrected chi connectivity index (χ0v) is 13.8. The Kier molecular flexibility index (Phi) is 6.07. The number of hydrogen-bond acceptors (Lipinski definition) is 3. The maximum atomic E-state index is 6.00. The number of rotatable bonds is 6. The van der Waals surface area contributed by atoms with Crippen LogP contribution in [0.2, 0.25) is 0 Å². The third-order valence-corrected chi connectivity index (χ3v) is 4.63. The van der Waals surface area contributed by atoms with Crippen molar-refractivity contribution in [2.45, 2.75) is 52.1 Å². The fourth-order valence-corrected chi connectivity index (χ4v) is 3.29. The van der Waals surface area contributed by atoms with Crippen molar-refractivity contribution in [2.24, 2.45) is 11.7 Å². The predicted octanol–water partition coefficient (Wildman–Crippen LogP) is 3.73. The maximum absolute atomic E-state index is 6.00. The lowest BCUT2D eigenvalue weighted by Crippen LogP contribution is -2.33. The van der Waals surface area contributed by atoms with Crippen molar-refractivity contribution in [1.29, 1.82) is 0 Å². The zero-order chi connectivity index (χ0) is 15.2. The van der Waals surface area contributed by atoms with Gasteiger partial charge in [-0.3, -0.25) is 4.90 Å². The summed E-state index contributed by atoms with van der Waals surface area (Å²) in [6.45, 7) is 7.70. The molecular formula is C18H30N2O. The van der Waals surface area contributed by atoms with Gasteiger partial charge in [-0.15, -0.1) is 0 Å². The molecule has 1 fully saturated rings. The van der Waals surface area contributed by atoms with E-state index in [1.807, 2.05) is 6.92 Å². The van der Waals surface area contributed by atoms with E-state index in [4.69, 9.17) is 10.5 Å². The molecule has 2 N–H and O–H groups in total. The Balaban J connectivity index is 2.00. The van der Waals surface area contributed by atoms with Gasteiger partial charge in [0.1, 0.15) is 5.75 Å². The largest absolute Gasteiger partial charge is 0.496 e. The Hall–Kier alpha value is -1.06. The fraction of sp³-hybridized carbons (Fsp3) is 0.667. The summed E-state index contributed by atoms with van der Waals surface area (Å²) in [6.07, 6.45) is 5.37. The van der Waals surface area contributed by atoms with Crippen LogP contribution >= 0.6 is 0 Å². The van der Waals surface area contributed by atoms with Gasteiger partial charge in [0.25, 0.3) is 0 Å². The quantitative estimate of drug-likeness (QED) is 0.867. The number of benzene rings is 1. The molecule has 1 aromatic rings. The van der Waals surface area contributed by atoms with Crippen LogP contribution in [0.1, 0.15) is 56.7 Å². The minimum atomic E-state index is 0.0740. The second kappa shape index (κ2) is 7.81. The first-order valence-electron chi connectivity index (χ1n) is 8.28. The zero-order valence-electron chi connectivity index (χ0n) is 13.8. The summed E-state index contributed by atoms with van der Waals surface area (Å²) in [5.41, 5.74) is 8.46. The number of hydrogen-bond donors (Lipinski definition) is 1. The second-order valence-electron chi connectivity index (χ2n) is 6.37. The van der Waals surface area contributed by atoms with E-state index in [2.05, 4.69) is 30.0 Å². The van der Waals surface area contributed by atoms with Crippen LogP contribution in [0, 0.1) is 5.92 Å². The van der Waals surface area contributed by atoms with Crippen molar-refractivity contribution in [3.63, 3.8) is 0 Å². The lowest BCUT2D eigenvalue weighted by molar-refractivity contribution is 0.170. The van der Waals surface area contributed by atoms with Crippen molar-refractivity contribution in [3.05, 3.63) is 29.3 Å². The molecule has 1 heterocycles. The van der Waals surface area contributed by atoms with Crippen LogP contribution in [0.15, 0.2) is 18.2 Å². The van der Waals surface area contributed by atoms with Crippen molar-refractivity contribution < 1.29 is 4.74 Å². The van der Waals surface area contributed by atoms with Gasteiger partial charge in [0, 0.05) is 18.2 Å². The molecule has 2 rings (SSSR count). The number of ether oxygens (including phenoxy) is 1. The lowest BCUT2D eigenvalue weighted by Gasteiger charge is -2.32. The summed E-state index contributed by atoms with van der Waals surface area (Å²) in [4.78, 5) is 2.55. The van der Waals surface area contributed by atoms with E-state index in [0.717, 1.165) is 18.2 Å². The molecule has 0 aliphatic carbocycles. The monoisotopic (exact) mass is 290 g/mol. The summed E-state index contributed by atoms with van der Waals surface area (Å²) in [5, 5.41) is 0. The van der Waals surface area contributed by atoms with Crippen LogP contribution in [0.3, 0.4) is 0 Å². The molecule has 1 saturated heterocycles. The molecule has 0 bridgehead atoms. The van der Waals surface area contributed by atoms with Gasteiger partial charge >= 0.3 is 0 Å². The average molecular weight is 290 g/mol. The van der Waals surface area contributed by atoms with E-state index in [-0.39, 0.29) is 6.04 Å². The normalized spacial score (nSPS) is 18.7. The first kappa shape index (κ1) is 16.3. The molecule has 1 aliphatic rings. The minimum Gasteiger partial charge on any atom is -0.496 e. The third kappa shape index (κ3) is 4.45. The fourth-order valence-electron chi connectivity index (χ4n) is 3.29. The molecule has 0 spiro atoms. The van der Waals surface area contributed by atoms with Gasteiger partial charge in [-0.05, 0) is 56.5 Å². The van der Waals surface area contributed by atoms with Crippen LogP contribution < -0.4 is 10.5 Å². The summed E-state index contributed by atoms with van der Waals surface area (Å²) < 4.78 is 5.51. The van der Waals surface area contributed by atoms with E-state index in [9.17, 15) is 0 Å². The van der Waals surface area contributed by atoms with E-state index in [1.54, 1.807) is 7.11 Å².